The Morgan fingerprint density at radius 1 is 1.08 bits per heavy atom. The Morgan fingerprint density at radius 2 is 1.73 bits per heavy atom. The Hall–Kier alpha value is -2.63. The molecule has 3 aliphatic carbocycles. The second-order valence-corrected chi connectivity index (χ2v) is 7.90. The van der Waals surface area contributed by atoms with Gasteiger partial charge in [-0.15, -0.1) is 0 Å². The lowest BCUT2D eigenvalue weighted by Crippen LogP contribution is -2.64. The van der Waals surface area contributed by atoms with Crippen LogP contribution in [-0.4, -0.2) is 35.2 Å². The third-order valence-corrected chi connectivity index (χ3v) is 6.62. The Bertz CT molecular complexity index is 945. The van der Waals surface area contributed by atoms with Crippen molar-refractivity contribution in [3.05, 3.63) is 34.4 Å². The van der Waals surface area contributed by atoms with Gasteiger partial charge in [-0.2, -0.15) is 0 Å². The molecule has 1 fully saturated rings. The zero-order valence-electron chi connectivity index (χ0n) is 15.0. The number of hydrogen-bond donors (Lipinski definition) is 0. The Kier molecular flexibility index (Phi) is 3.07. The van der Waals surface area contributed by atoms with Gasteiger partial charge in [0.1, 0.15) is 6.10 Å². The molecule has 0 radical (unpaired) electrons. The molecular formula is C20H18O6. The maximum Gasteiger partial charge on any atom is 0.310 e. The normalized spacial score (nSPS) is 39.2. The summed E-state index contributed by atoms with van der Waals surface area (Å²) in [5.41, 5.74) is -0.633. The van der Waals surface area contributed by atoms with E-state index >= 15 is 0 Å². The smallest absolute Gasteiger partial charge is 0.310 e. The first-order chi connectivity index (χ1) is 12.0. The lowest BCUT2D eigenvalue weighted by molar-refractivity contribution is -0.170. The molecule has 0 aromatic rings. The number of rotatable bonds is 0. The fourth-order valence-electron chi connectivity index (χ4n) is 5.35. The largest absolute Gasteiger partial charge is 0.457 e. The molecule has 4 aliphatic rings. The molecule has 0 bridgehead atoms. The summed E-state index contributed by atoms with van der Waals surface area (Å²) >= 11 is 0. The van der Waals surface area contributed by atoms with E-state index in [1.807, 2.05) is 0 Å². The Morgan fingerprint density at radius 3 is 2.38 bits per heavy atom. The molecule has 26 heavy (non-hydrogen) atoms. The molecule has 0 unspecified atom stereocenters. The number of esters is 1. The van der Waals surface area contributed by atoms with Crippen LogP contribution in [-0.2, 0) is 28.7 Å². The fourth-order valence-corrected chi connectivity index (χ4v) is 5.35. The standard InChI is InChI=1S/C20H18O6/c1-8-5-12(21)18(25)20(4)10(8)6-13-19(3)11(7-14(22)26-13)9(2)15(23)16(24)17(19)20/h5-6,13,17H,7H2,1-4H3/t13-,17-,19-,20+/m1/s1. The number of fused-ring (bicyclic) bond motifs is 2. The summed E-state index contributed by atoms with van der Waals surface area (Å²) in [5.74, 6) is -4.30. The van der Waals surface area contributed by atoms with Gasteiger partial charge >= 0.3 is 5.97 Å². The SMILES string of the molecule is CC1=CC(=O)C(=O)[C@@]2(C)C1=C[C@H]1OC(=O)CC3=C(C)C(=O)C(=O)[C@@H]2[C@]31C. The van der Waals surface area contributed by atoms with E-state index in [1.165, 1.54) is 13.0 Å². The first-order valence-corrected chi connectivity index (χ1v) is 8.52. The molecule has 0 N–H and O–H groups in total. The minimum Gasteiger partial charge on any atom is -0.457 e. The number of ketones is 4. The highest BCUT2D eigenvalue weighted by Gasteiger charge is 2.68. The molecule has 1 saturated heterocycles. The number of carbonyl (C=O) groups is 5. The average molecular weight is 354 g/mol. The van der Waals surface area contributed by atoms with E-state index < -0.39 is 52.0 Å². The third-order valence-electron chi connectivity index (χ3n) is 6.62. The zero-order valence-corrected chi connectivity index (χ0v) is 15.0. The lowest BCUT2D eigenvalue weighted by atomic mass is 9.45. The van der Waals surface area contributed by atoms with Crippen LogP contribution in [0.15, 0.2) is 34.4 Å². The number of allylic oxidation sites excluding steroid dienone is 4. The number of carbonyl (C=O) groups excluding carboxylic acids is 5. The van der Waals surface area contributed by atoms with Gasteiger partial charge < -0.3 is 4.74 Å². The first-order valence-electron chi connectivity index (χ1n) is 8.52. The van der Waals surface area contributed by atoms with Crippen molar-refractivity contribution < 1.29 is 28.7 Å². The van der Waals surface area contributed by atoms with E-state index in [9.17, 15) is 24.0 Å². The van der Waals surface area contributed by atoms with Crippen molar-refractivity contribution in [1.29, 1.82) is 0 Å². The molecule has 1 heterocycles. The molecule has 6 heteroatoms. The van der Waals surface area contributed by atoms with Crippen LogP contribution in [0.1, 0.15) is 34.1 Å². The van der Waals surface area contributed by atoms with E-state index in [1.54, 1.807) is 26.8 Å². The summed E-state index contributed by atoms with van der Waals surface area (Å²) in [7, 11) is 0. The molecule has 0 spiro atoms. The quantitative estimate of drug-likeness (QED) is 0.482. The van der Waals surface area contributed by atoms with Crippen LogP contribution >= 0.6 is 0 Å². The number of hydrogen-bond acceptors (Lipinski definition) is 6. The number of Topliss-reactive ketones (excluding diaryl/α,β-unsaturated/α-hetero) is 3. The maximum absolute atomic E-state index is 13.1. The average Bonchev–Trinajstić information content (AvgIpc) is 2.56. The van der Waals surface area contributed by atoms with Crippen LogP contribution < -0.4 is 0 Å². The van der Waals surface area contributed by atoms with E-state index in [0.717, 1.165) is 0 Å². The molecule has 1 aliphatic heterocycles. The van der Waals surface area contributed by atoms with Crippen LogP contribution in [0.25, 0.3) is 0 Å². The van der Waals surface area contributed by atoms with E-state index in [-0.39, 0.29) is 12.0 Å². The summed E-state index contributed by atoms with van der Waals surface area (Å²) < 4.78 is 5.53. The van der Waals surface area contributed by atoms with Crippen molar-refractivity contribution >= 4 is 29.1 Å². The first kappa shape index (κ1) is 16.8. The van der Waals surface area contributed by atoms with Crippen LogP contribution in [0.2, 0.25) is 0 Å². The second kappa shape index (κ2) is 4.75. The van der Waals surface area contributed by atoms with Gasteiger partial charge in [0.2, 0.25) is 23.1 Å². The minimum atomic E-state index is -1.44. The molecule has 4 rings (SSSR count). The van der Waals surface area contributed by atoms with Crippen molar-refractivity contribution in [3.8, 4) is 0 Å². The highest BCUT2D eigenvalue weighted by atomic mass is 16.5. The monoisotopic (exact) mass is 354 g/mol. The predicted octanol–water partition coefficient (Wildman–Crippen LogP) is 1.44. The van der Waals surface area contributed by atoms with Crippen molar-refractivity contribution in [2.75, 3.05) is 0 Å². The van der Waals surface area contributed by atoms with Gasteiger partial charge in [-0.25, -0.2) is 0 Å². The van der Waals surface area contributed by atoms with Gasteiger partial charge in [-0.05, 0) is 49.6 Å². The van der Waals surface area contributed by atoms with E-state index in [2.05, 4.69) is 0 Å². The van der Waals surface area contributed by atoms with Gasteiger partial charge in [-0.3, -0.25) is 24.0 Å². The van der Waals surface area contributed by atoms with Crippen LogP contribution in [0.5, 0.6) is 0 Å². The minimum absolute atomic E-state index is 0.0927. The Labute approximate surface area is 150 Å². The molecule has 0 saturated carbocycles. The van der Waals surface area contributed by atoms with E-state index in [4.69, 9.17) is 4.74 Å². The Balaban J connectivity index is 2.11. The molecular weight excluding hydrogens is 336 g/mol. The van der Waals surface area contributed by atoms with Gasteiger partial charge in [0.05, 0.1) is 17.8 Å². The highest BCUT2D eigenvalue weighted by Crippen LogP contribution is 2.62. The summed E-state index contributed by atoms with van der Waals surface area (Å²) in [6.45, 7) is 6.52. The predicted molar refractivity (Wildman–Crippen MR) is 88.8 cm³/mol. The lowest BCUT2D eigenvalue weighted by Gasteiger charge is -2.57. The molecule has 0 amide bonds. The molecule has 0 aromatic heterocycles. The van der Waals surface area contributed by atoms with Crippen molar-refractivity contribution in [1.82, 2.24) is 0 Å². The molecule has 4 atom stereocenters. The molecule has 0 aromatic carbocycles. The van der Waals surface area contributed by atoms with Gasteiger partial charge in [0.25, 0.3) is 0 Å². The highest BCUT2D eigenvalue weighted by molar-refractivity contribution is 6.49. The summed E-state index contributed by atoms with van der Waals surface area (Å²) in [6.07, 6.45) is 2.06. The third kappa shape index (κ3) is 1.65. The van der Waals surface area contributed by atoms with Crippen LogP contribution in [0.4, 0.5) is 0 Å². The van der Waals surface area contributed by atoms with Crippen LogP contribution in [0, 0.1) is 16.7 Å². The van der Waals surface area contributed by atoms with Gasteiger partial charge in [0, 0.05) is 11.0 Å². The zero-order chi connectivity index (χ0) is 19.2. The second-order valence-electron chi connectivity index (χ2n) is 7.90. The van der Waals surface area contributed by atoms with Crippen molar-refractivity contribution in [3.63, 3.8) is 0 Å². The van der Waals surface area contributed by atoms with E-state index in [0.29, 0.717) is 16.7 Å². The fraction of sp³-hybridized carbons (Fsp3) is 0.450. The van der Waals surface area contributed by atoms with Crippen LogP contribution in [0.3, 0.4) is 0 Å². The summed E-state index contributed by atoms with van der Waals surface area (Å²) in [4.78, 5) is 63.0. The van der Waals surface area contributed by atoms with Crippen molar-refractivity contribution in [2.45, 2.75) is 40.2 Å². The topological polar surface area (TPSA) is 94.6 Å². The molecule has 6 nitrogen and oxygen atoms in total. The molecule has 134 valence electrons. The maximum atomic E-state index is 13.1. The van der Waals surface area contributed by atoms with Gasteiger partial charge in [0.15, 0.2) is 0 Å². The van der Waals surface area contributed by atoms with Crippen molar-refractivity contribution in [2.24, 2.45) is 16.7 Å². The van der Waals surface area contributed by atoms with Gasteiger partial charge in [-0.1, -0.05) is 6.92 Å². The summed E-state index contributed by atoms with van der Waals surface area (Å²) in [6, 6.07) is 0. The number of ether oxygens (including phenoxy) is 1. The summed E-state index contributed by atoms with van der Waals surface area (Å²) in [5, 5.41) is 0.